The lowest BCUT2D eigenvalue weighted by molar-refractivity contribution is -0.149. The number of carbonyl (C=O) groups is 1. The summed E-state index contributed by atoms with van der Waals surface area (Å²) in [6, 6.07) is 6.52. The fourth-order valence-corrected chi connectivity index (χ4v) is 6.84. The number of imidazole rings is 1. The molecule has 0 spiro atoms. The van der Waals surface area contributed by atoms with Crippen LogP contribution >= 0.6 is 0 Å². The molecule has 39 heavy (non-hydrogen) atoms. The van der Waals surface area contributed by atoms with Crippen LogP contribution in [0.3, 0.4) is 0 Å². The highest BCUT2D eigenvalue weighted by Crippen LogP contribution is 2.49. The number of fused-ring (bicyclic) bond motifs is 1. The van der Waals surface area contributed by atoms with Gasteiger partial charge in [-0.25, -0.2) is 9.67 Å². The third kappa shape index (κ3) is 5.45. The number of aliphatic carboxylic acids is 1. The molecular weight excluding hydrogens is 486 g/mol. The standard InChI is InChI=1S/C32H43N5O2/c1-21-12-13-24(19-25(21)20-37-17-16-33-28(37)18-23-10-8-6-7-9-11-23)29(32(3,4)31(38)39)26-14-15-27-30(22(26)2)34-35-36(27)5/h12-17,19,22-23,26,29H,6-11,18,20H2,1-5H3,(H,38,39)/t22?,26?,29-/m0/s1. The normalized spacial score (nSPS) is 20.9. The quantitative estimate of drug-likeness (QED) is 0.336. The predicted molar refractivity (Wildman–Crippen MR) is 154 cm³/mol. The summed E-state index contributed by atoms with van der Waals surface area (Å²) in [5.41, 5.74) is 4.44. The number of carboxylic acids is 1. The van der Waals surface area contributed by atoms with E-state index in [2.05, 4.69) is 65.3 Å². The van der Waals surface area contributed by atoms with Crippen LogP contribution in [-0.2, 0) is 24.8 Å². The van der Waals surface area contributed by atoms with Crippen LogP contribution < -0.4 is 0 Å². The molecular formula is C32H43N5O2. The lowest BCUT2D eigenvalue weighted by atomic mass is 9.63. The second-order valence-electron chi connectivity index (χ2n) is 12.4. The molecule has 2 aliphatic rings. The average Bonchev–Trinajstić information content (AvgIpc) is 3.40. The molecule has 1 fully saturated rings. The molecule has 3 atom stereocenters. The van der Waals surface area contributed by atoms with Crippen molar-refractivity contribution in [3.63, 3.8) is 0 Å². The minimum Gasteiger partial charge on any atom is -0.481 e. The zero-order chi connectivity index (χ0) is 27.7. The number of hydrogen-bond donors (Lipinski definition) is 1. The van der Waals surface area contributed by atoms with E-state index >= 15 is 0 Å². The fourth-order valence-electron chi connectivity index (χ4n) is 6.84. The maximum Gasteiger partial charge on any atom is 0.309 e. The molecule has 2 unspecified atom stereocenters. The van der Waals surface area contributed by atoms with Gasteiger partial charge in [-0.05, 0) is 55.4 Å². The van der Waals surface area contributed by atoms with Crippen molar-refractivity contribution >= 4 is 12.0 Å². The summed E-state index contributed by atoms with van der Waals surface area (Å²) >= 11 is 0. The van der Waals surface area contributed by atoms with Crippen molar-refractivity contribution in [3.8, 4) is 0 Å². The number of aromatic nitrogens is 5. The Kier molecular flexibility index (Phi) is 7.79. The van der Waals surface area contributed by atoms with Crippen LogP contribution in [0.15, 0.2) is 36.7 Å². The van der Waals surface area contributed by atoms with Crippen LogP contribution in [0.4, 0.5) is 0 Å². The van der Waals surface area contributed by atoms with Gasteiger partial charge in [0.2, 0.25) is 0 Å². The Morgan fingerprint density at radius 3 is 2.64 bits per heavy atom. The zero-order valence-electron chi connectivity index (χ0n) is 24.1. The smallest absolute Gasteiger partial charge is 0.309 e. The van der Waals surface area contributed by atoms with Gasteiger partial charge in [0.05, 0.1) is 16.8 Å². The van der Waals surface area contributed by atoms with E-state index in [4.69, 9.17) is 4.98 Å². The van der Waals surface area contributed by atoms with Crippen molar-refractivity contribution in [1.29, 1.82) is 0 Å². The van der Waals surface area contributed by atoms with Gasteiger partial charge in [-0.1, -0.05) is 74.9 Å². The first-order valence-corrected chi connectivity index (χ1v) is 14.6. The summed E-state index contributed by atoms with van der Waals surface area (Å²) in [6.07, 6.45) is 17.3. The Labute approximate surface area is 232 Å². The molecule has 0 radical (unpaired) electrons. The number of nitrogens with zero attached hydrogens (tertiary/aromatic N) is 5. The number of carboxylic acid groups (broad SMARTS) is 1. The second kappa shape index (κ2) is 11.1. The van der Waals surface area contributed by atoms with Gasteiger partial charge in [0.15, 0.2) is 0 Å². The van der Waals surface area contributed by atoms with E-state index in [1.165, 1.54) is 49.7 Å². The van der Waals surface area contributed by atoms with E-state index in [0.29, 0.717) is 5.92 Å². The SMILES string of the molecule is Cc1ccc([C@@H](C2C=Cc3c(nnn3C)C2C)C(C)(C)C(=O)O)cc1Cn1ccnc1CC1CCCCCC1. The van der Waals surface area contributed by atoms with E-state index in [9.17, 15) is 9.90 Å². The number of hydrogen-bond acceptors (Lipinski definition) is 4. The largest absolute Gasteiger partial charge is 0.481 e. The van der Waals surface area contributed by atoms with Crippen molar-refractivity contribution in [1.82, 2.24) is 24.5 Å². The Hall–Kier alpha value is -3.22. The summed E-state index contributed by atoms with van der Waals surface area (Å²) < 4.78 is 4.08. The highest BCUT2D eigenvalue weighted by Gasteiger charge is 2.45. The zero-order valence-corrected chi connectivity index (χ0v) is 24.1. The van der Waals surface area contributed by atoms with Crippen LogP contribution in [0.2, 0.25) is 0 Å². The molecule has 2 aliphatic carbocycles. The Morgan fingerprint density at radius 1 is 1.18 bits per heavy atom. The second-order valence-corrected chi connectivity index (χ2v) is 12.4. The first kappa shape index (κ1) is 27.4. The van der Waals surface area contributed by atoms with Gasteiger partial charge in [-0.2, -0.15) is 0 Å². The van der Waals surface area contributed by atoms with E-state index < -0.39 is 11.4 Å². The number of allylic oxidation sites excluding steroid dienone is 1. The molecule has 1 aromatic carbocycles. The van der Waals surface area contributed by atoms with Gasteiger partial charge in [0.1, 0.15) is 5.82 Å². The van der Waals surface area contributed by atoms with Crippen molar-refractivity contribution < 1.29 is 9.90 Å². The van der Waals surface area contributed by atoms with Gasteiger partial charge in [0.25, 0.3) is 0 Å². The van der Waals surface area contributed by atoms with Crippen molar-refractivity contribution in [2.75, 3.05) is 0 Å². The molecule has 3 aromatic rings. The maximum absolute atomic E-state index is 12.6. The summed E-state index contributed by atoms with van der Waals surface area (Å²) in [7, 11) is 1.90. The third-order valence-electron chi connectivity index (χ3n) is 9.42. The van der Waals surface area contributed by atoms with Gasteiger partial charge < -0.3 is 9.67 Å². The Balaban J connectivity index is 1.47. The highest BCUT2D eigenvalue weighted by atomic mass is 16.4. The minimum atomic E-state index is -0.977. The van der Waals surface area contributed by atoms with Crippen LogP contribution in [0.5, 0.6) is 0 Å². The Morgan fingerprint density at radius 2 is 1.92 bits per heavy atom. The lowest BCUT2D eigenvalue weighted by Gasteiger charge is -2.39. The molecule has 0 amide bonds. The van der Waals surface area contributed by atoms with E-state index in [1.807, 2.05) is 27.1 Å². The maximum atomic E-state index is 12.6. The predicted octanol–water partition coefficient (Wildman–Crippen LogP) is 6.52. The summed E-state index contributed by atoms with van der Waals surface area (Å²) in [6.45, 7) is 8.74. The van der Waals surface area contributed by atoms with Crippen molar-refractivity contribution in [2.45, 2.75) is 91.0 Å². The monoisotopic (exact) mass is 529 g/mol. The third-order valence-corrected chi connectivity index (χ3v) is 9.42. The molecule has 1 saturated carbocycles. The molecule has 0 bridgehead atoms. The van der Waals surface area contributed by atoms with Crippen molar-refractivity contribution in [3.05, 3.63) is 70.6 Å². The number of aryl methyl sites for hydroxylation is 2. The summed E-state index contributed by atoms with van der Waals surface area (Å²) in [5.74, 6) is 0.881. The molecule has 2 aromatic heterocycles. The summed E-state index contributed by atoms with van der Waals surface area (Å²) in [5, 5.41) is 19.0. The van der Waals surface area contributed by atoms with E-state index in [1.54, 1.807) is 4.68 Å². The van der Waals surface area contributed by atoms with Crippen LogP contribution in [0.25, 0.3) is 6.08 Å². The minimum absolute atomic E-state index is 0.0186. The average molecular weight is 530 g/mol. The molecule has 208 valence electrons. The Bertz CT molecular complexity index is 1340. The molecule has 5 rings (SSSR count). The lowest BCUT2D eigenvalue weighted by Crippen LogP contribution is -2.37. The van der Waals surface area contributed by atoms with Crippen molar-refractivity contribution in [2.24, 2.45) is 24.3 Å². The van der Waals surface area contributed by atoms with Gasteiger partial charge in [-0.3, -0.25) is 4.79 Å². The topological polar surface area (TPSA) is 85.8 Å². The van der Waals surface area contributed by atoms with Crippen LogP contribution in [0, 0.1) is 24.2 Å². The van der Waals surface area contributed by atoms with Gasteiger partial charge >= 0.3 is 5.97 Å². The van der Waals surface area contributed by atoms with Crippen LogP contribution in [0.1, 0.15) is 105 Å². The van der Waals surface area contributed by atoms with Gasteiger partial charge in [0, 0.05) is 44.2 Å². The number of benzene rings is 1. The van der Waals surface area contributed by atoms with E-state index in [0.717, 1.165) is 35.7 Å². The molecule has 7 nitrogen and oxygen atoms in total. The first-order valence-electron chi connectivity index (χ1n) is 14.6. The number of rotatable bonds is 8. The molecule has 1 N–H and O–H groups in total. The van der Waals surface area contributed by atoms with Gasteiger partial charge in [-0.15, -0.1) is 5.10 Å². The molecule has 7 heteroatoms. The fraction of sp³-hybridized carbons (Fsp3) is 0.562. The van der Waals surface area contributed by atoms with E-state index in [-0.39, 0.29) is 17.8 Å². The molecule has 2 heterocycles. The first-order chi connectivity index (χ1) is 18.7. The highest BCUT2D eigenvalue weighted by molar-refractivity contribution is 5.75. The molecule has 0 saturated heterocycles. The van der Waals surface area contributed by atoms with Crippen LogP contribution in [-0.4, -0.2) is 35.6 Å². The summed E-state index contributed by atoms with van der Waals surface area (Å²) in [4.78, 5) is 17.4. The molecule has 0 aliphatic heterocycles.